The van der Waals surface area contributed by atoms with E-state index in [0.717, 1.165) is 11.3 Å². The van der Waals surface area contributed by atoms with Crippen LogP contribution in [0.2, 0.25) is 0 Å². The molecule has 7 nitrogen and oxygen atoms in total. The van der Waals surface area contributed by atoms with E-state index in [0.29, 0.717) is 25.3 Å². The summed E-state index contributed by atoms with van der Waals surface area (Å²) in [4.78, 5) is 16.0. The van der Waals surface area contributed by atoms with Crippen molar-refractivity contribution in [3.63, 3.8) is 0 Å². The molecule has 3 rings (SSSR count). The SMILES string of the molecule is NCc1ccc(OCCn2nc3cnccn3c2=O)cc1. The van der Waals surface area contributed by atoms with Crippen molar-refractivity contribution in [2.45, 2.75) is 13.1 Å². The highest BCUT2D eigenvalue weighted by molar-refractivity contribution is 5.31. The molecule has 0 aliphatic heterocycles. The first kappa shape index (κ1) is 13.3. The van der Waals surface area contributed by atoms with Gasteiger partial charge in [0.25, 0.3) is 0 Å². The van der Waals surface area contributed by atoms with Gasteiger partial charge in [0.05, 0.1) is 12.7 Å². The quantitative estimate of drug-likeness (QED) is 0.734. The molecular weight excluding hydrogens is 270 g/mol. The van der Waals surface area contributed by atoms with Gasteiger partial charge in [-0.1, -0.05) is 12.1 Å². The number of hydrogen-bond donors (Lipinski definition) is 1. The summed E-state index contributed by atoms with van der Waals surface area (Å²) in [5.74, 6) is 0.741. The molecule has 0 saturated carbocycles. The third kappa shape index (κ3) is 2.77. The maximum Gasteiger partial charge on any atom is 0.350 e. The van der Waals surface area contributed by atoms with E-state index in [1.54, 1.807) is 18.6 Å². The van der Waals surface area contributed by atoms with Crippen molar-refractivity contribution >= 4 is 5.65 Å². The van der Waals surface area contributed by atoms with Crippen LogP contribution in [-0.2, 0) is 13.1 Å². The van der Waals surface area contributed by atoms with Crippen molar-refractivity contribution in [2.24, 2.45) is 5.73 Å². The Morgan fingerprint density at radius 2 is 2.05 bits per heavy atom. The zero-order valence-corrected chi connectivity index (χ0v) is 11.3. The Bertz CT molecular complexity index is 791. The fourth-order valence-corrected chi connectivity index (χ4v) is 2.00. The lowest BCUT2D eigenvalue weighted by atomic mass is 10.2. The number of nitrogens with zero attached hydrogens (tertiary/aromatic N) is 4. The van der Waals surface area contributed by atoms with Gasteiger partial charge in [-0.2, -0.15) is 0 Å². The van der Waals surface area contributed by atoms with Crippen LogP contribution in [0.1, 0.15) is 5.56 Å². The third-order valence-electron chi connectivity index (χ3n) is 3.12. The van der Waals surface area contributed by atoms with Crippen molar-refractivity contribution < 1.29 is 4.74 Å². The van der Waals surface area contributed by atoms with Gasteiger partial charge in [-0.25, -0.2) is 13.9 Å². The molecule has 0 aliphatic carbocycles. The number of benzene rings is 1. The van der Waals surface area contributed by atoms with Crippen LogP contribution < -0.4 is 16.2 Å². The summed E-state index contributed by atoms with van der Waals surface area (Å²) in [6.45, 7) is 1.24. The molecule has 0 atom stereocenters. The van der Waals surface area contributed by atoms with Crippen molar-refractivity contribution in [3.05, 3.63) is 58.9 Å². The van der Waals surface area contributed by atoms with Gasteiger partial charge in [0.2, 0.25) is 0 Å². The second-order valence-corrected chi connectivity index (χ2v) is 4.51. The number of nitrogens with two attached hydrogens (primary N) is 1. The number of aromatic nitrogens is 4. The molecule has 0 fully saturated rings. The smallest absolute Gasteiger partial charge is 0.350 e. The molecule has 3 aromatic rings. The standard InChI is InChI=1S/C14H15N5O2/c15-9-11-1-3-12(4-2-11)21-8-7-19-14(20)18-6-5-16-10-13(18)17-19/h1-6,10H,7-9,15H2. The van der Waals surface area contributed by atoms with Crippen LogP contribution in [0.25, 0.3) is 5.65 Å². The van der Waals surface area contributed by atoms with Crippen LogP contribution in [0.15, 0.2) is 47.7 Å². The maximum atomic E-state index is 12.0. The van der Waals surface area contributed by atoms with Crippen molar-refractivity contribution in [1.29, 1.82) is 0 Å². The van der Waals surface area contributed by atoms with E-state index in [-0.39, 0.29) is 5.69 Å². The van der Waals surface area contributed by atoms with Gasteiger partial charge in [0, 0.05) is 18.9 Å². The molecule has 0 radical (unpaired) electrons. The van der Waals surface area contributed by atoms with E-state index in [4.69, 9.17) is 10.5 Å². The lowest BCUT2D eigenvalue weighted by Gasteiger charge is -2.06. The molecule has 0 spiro atoms. The highest BCUT2D eigenvalue weighted by Gasteiger charge is 2.06. The first-order valence-electron chi connectivity index (χ1n) is 6.59. The number of fused-ring (bicyclic) bond motifs is 1. The predicted octanol–water partition coefficient (Wildman–Crippen LogP) is 0.429. The summed E-state index contributed by atoms with van der Waals surface area (Å²) in [5.41, 5.74) is 6.91. The monoisotopic (exact) mass is 285 g/mol. The summed E-state index contributed by atoms with van der Waals surface area (Å²) < 4.78 is 8.41. The molecule has 0 aliphatic rings. The third-order valence-corrected chi connectivity index (χ3v) is 3.12. The summed E-state index contributed by atoms with van der Waals surface area (Å²) in [6, 6.07) is 7.55. The van der Waals surface area contributed by atoms with E-state index >= 15 is 0 Å². The van der Waals surface area contributed by atoms with Crippen molar-refractivity contribution in [3.8, 4) is 5.75 Å². The Labute approximate surface area is 120 Å². The van der Waals surface area contributed by atoms with E-state index in [1.807, 2.05) is 24.3 Å². The average molecular weight is 285 g/mol. The Hall–Kier alpha value is -2.67. The fourth-order valence-electron chi connectivity index (χ4n) is 2.00. The minimum absolute atomic E-state index is 0.200. The molecule has 1 aromatic carbocycles. The lowest BCUT2D eigenvalue weighted by molar-refractivity contribution is 0.289. The first-order valence-corrected chi connectivity index (χ1v) is 6.59. The van der Waals surface area contributed by atoms with Crippen LogP contribution in [0.5, 0.6) is 5.75 Å². The second-order valence-electron chi connectivity index (χ2n) is 4.51. The largest absolute Gasteiger partial charge is 0.492 e. The molecule has 0 saturated heterocycles. The highest BCUT2D eigenvalue weighted by Crippen LogP contribution is 2.11. The molecule has 0 unspecified atom stereocenters. The van der Waals surface area contributed by atoms with E-state index in [2.05, 4.69) is 10.1 Å². The predicted molar refractivity (Wildman–Crippen MR) is 77.1 cm³/mol. The number of rotatable bonds is 5. The Kier molecular flexibility index (Phi) is 3.65. The minimum Gasteiger partial charge on any atom is -0.492 e. The molecule has 108 valence electrons. The Morgan fingerprint density at radius 1 is 1.24 bits per heavy atom. The van der Waals surface area contributed by atoms with Gasteiger partial charge in [-0.3, -0.25) is 4.98 Å². The normalized spacial score (nSPS) is 10.9. The molecule has 21 heavy (non-hydrogen) atoms. The van der Waals surface area contributed by atoms with Gasteiger partial charge in [-0.15, -0.1) is 5.10 Å². The van der Waals surface area contributed by atoms with Crippen LogP contribution >= 0.6 is 0 Å². The van der Waals surface area contributed by atoms with Gasteiger partial charge >= 0.3 is 5.69 Å². The van der Waals surface area contributed by atoms with Gasteiger partial charge in [0.1, 0.15) is 12.4 Å². The van der Waals surface area contributed by atoms with E-state index < -0.39 is 0 Å². The Balaban J connectivity index is 1.66. The molecule has 0 bridgehead atoms. The van der Waals surface area contributed by atoms with Crippen molar-refractivity contribution in [2.75, 3.05) is 6.61 Å². The van der Waals surface area contributed by atoms with Crippen LogP contribution in [0, 0.1) is 0 Å². The number of ether oxygens (including phenoxy) is 1. The summed E-state index contributed by atoms with van der Waals surface area (Å²) >= 11 is 0. The van der Waals surface area contributed by atoms with E-state index in [9.17, 15) is 4.79 Å². The molecule has 7 heteroatoms. The minimum atomic E-state index is -0.200. The molecule has 2 aromatic heterocycles. The highest BCUT2D eigenvalue weighted by atomic mass is 16.5. The van der Waals surface area contributed by atoms with Crippen LogP contribution in [-0.4, -0.2) is 25.8 Å². The zero-order chi connectivity index (χ0) is 14.7. The first-order chi connectivity index (χ1) is 10.3. The fraction of sp³-hybridized carbons (Fsp3) is 0.214. The van der Waals surface area contributed by atoms with Crippen molar-refractivity contribution in [1.82, 2.24) is 19.2 Å². The average Bonchev–Trinajstić information content (AvgIpc) is 2.85. The summed E-state index contributed by atoms with van der Waals surface area (Å²) in [5, 5.41) is 4.18. The maximum absolute atomic E-state index is 12.0. The van der Waals surface area contributed by atoms with Gasteiger partial charge < -0.3 is 10.5 Å². The summed E-state index contributed by atoms with van der Waals surface area (Å²) in [6.07, 6.45) is 4.69. The lowest BCUT2D eigenvalue weighted by Crippen LogP contribution is -2.23. The molecule has 0 amide bonds. The van der Waals surface area contributed by atoms with Gasteiger partial charge in [-0.05, 0) is 17.7 Å². The van der Waals surface area contributed by atoms with E-state index in [1.165, 1.54) is 9.08 Å². The molecular formula is C14H15N5O2. The number of hydrogen-bond acceptors (Lipinski definition) is 5. The Morgan fingerprint density at radius 3 is 2.76 bits per heavy atom. The topological polar surface area (TPSA) is 87.4 Å². The molecule has 2 N–H and O–H groups in total. The van der Waals surface area contributed by atoms with Gasteiger partial charge in [0.15, 0.2) is 5.65 Å². The van der Waals surface area contributed by atoms with Crippen LogP contribution in [0.3, 0.4) is 0 Å². The summed E-state index contributed by atoms with van der Waals surface area (Å²) in [7, 11) is 0. The zero-order valence-electron chi connectivity index (χ0n) is 11.3. The molecule has 2 heterocycles. The second kappa shape index (κ2) is 5.76. The van der Waals surface area contributed by atoms with Crippen LogP contribution in [0.4, 0.5) is 0 Å².